The minimum atomic E-state index is -2.12. The number of rotatable bonds is 5. The van der Waals surface area contributed by atoms with E-state index < -0.39 is 11.3 Å². The monoisotopic (exact) mass is 446 g/mol. The molecule has 0 spiro atoms. The van der Waals surface area contributed by atoms with Crippen molar-refractivity contribution >= 4 is 11.3 Å². The SMILES string of the molecule is [CH2][N+](C)(C)CCCNS(=O)[O-].[Rf]. The summed E-state index contributed by atoms with van der Waals surface area (Å²) in [6, 6.07) is 0. The first-order valence-corrected chi connectivity index (χ1v) is 4.49. The number of quaternary nitrogens is 1. The number of hydrogen-bond acceptors (Lipinski definition) is 2. The molecule has 0 aliphatic carbocycles. The molecule has 0 aliphatic heterocycles. The zero-order valence-corrected chi connectivity index (χ0v) is 14.9. The average Bonchev–Trinajstić information content (AvgIpc) is 1.78. The van der Waals surface area contributed by atoms with Crippen LogP contribution in [0.1, 0.15) is 6.42 Å². The first-order valence-electron chi connectivity index (χ1n) is 3.42. The van der Waals surface area contributed by atoms with E-state index in [2.05, 4.69) is 11.8 Å². The maximum absolute atomic E-state index is 9.99. The molecule has 1 unspecified atom stereocenters. The van der Waals surface area contributed by atoms with Crippen molar-refractivity contribution in [3.8, 4) is 0 Å². The molecule has 0 aromatic rings. The largest absolute Gasteiger partial charge is 0.760 e. The summed E-state index contributed by atoms with van der Waals surface area (Å²) in [4.78, 5) is 0. The fraction of sp³-hybridized carbons (Fsp3) is 0.833. The van der Waals surface area contributed by atoms with Crippen LogP contribution < -0.4 is 4.72 Å². The van der Waals surface area contributed by atoms with Crippen molar-refractivity contribution in [2.75, 3.05) is 27.2 Å². The second-order valence-corrected chi connectivity index (χ2v) is 3.90. The van der Waals surface area contributed by atoms with E-state index >= 15 is 0 Å². The molecule has 0 saturated carbocycles. The molecule has 1 atom stereocenters. The maximum Gasteiger partial charge on any atom is 0.128 e. The molecule has 12 heavy (non-hydrogen) atoms. The molecular formula is C6H15N2O2RfS. The van der Waals surface area contributed by atoms with Crippen LogP contribution in [0.15, 0.2) is 0 Å². The predicted molar refractivity (Wildman–Crippen MR) is 43.9 cm³/mol. The molecular weight excluding hydrogens is 431 g/mol. The maximum atomic E-state index is 9.99. The van der Waals surface area contributed by atoms with Crippen LogP contribution in [0.5, 0.6) is 0 Å². The van der Waals surface area contributed by atoms with Crippen LogP contribution in [-0.4, -0.2) is 40.4 Å². The van der Waals surface area contributed by atoms with E-state index in [9.17, 15) is 8.76 Å². The van der Waals surface area contributed by atoms with Crippen LogP contribution in [0.4, 0.5) is 0 Å². The third-order valence-corrected chi connectivity index (χ3v) is 1.60. The van der Waals surface area contributed by atoms with E-state index in [1.165, 1.54) is 0 Å². The second kappa shape index (κ2) is 5.65. The zero-order chi connectivity index (χ0) is 8.91. The van der Waals surface area contributed by atoms with E-state index in [4.69, 9.17) is 0 Å². The van der Waals surface area contributed by atoms with Crippen LogP contribution in [0.3, 0.4) is 0 Å². The minimum Gasteiger partial charge on any atom is -0.760 e. The van der Waals surface area contributed by atoms with Gasteiger partial charge in [0.2, 0.25) is 0 Å². The topological polar surface area (TPSA) is 52.2 Å². The van der Waals surface area contributed by atoms with Crippen molar-refractivity contribution in [2.24, 2.45) is 0 Å². The van der Waals surface area contributed by atoms with Crippen LogP contribution in [-0.2, 0) is 11.3 Å². The summed E-state index contributed by atoms with van der Waals surface area (Å²) < 4.78 is 22.9. The van der Waals surface area contributed by atoms with Gasteiger partial charge in [-0.3, -0.25) is 4.21 Å². The molecule has 0 amide bonds. The molecule has 0 aromatic carbocycles. The van der Waals surface area contributed by atoms with Gasteiger partial charge in [-0.25, -0.2) is 4.72 Å². The van der Waals surface area contributed by atoms with Gasteiger partial charge in [0.25, 0.3) is 0 Å². The van der Waals surface area contributed by atoms with Gasteiger partial charge in [0.05, 0.1) is 20.6 Å². The zero-order valence-electron chi connectivity index (χ0n) is 7.71. The van der Waals surface area contributed by atoms with E-state index in [1.54, 1.807) is 0 Å². The Kier molecular flexibility index (Phi) is 6.41. The van der Waals surface area contributed by atoms with Crippen LogP contribution in [0.2, 0.25) is 0 Å². The Morgan fingerprint density at radius 1 is 1.58 bits per heavy atom. The molecule has 0 saturated heterocycles. The molecule has 0 aromatic heterocycles. The number of hydrogen-bond donors (Lipinski definition) is 1. The van der Waals surface area contributed by atoms with E-state index in [1.807, 2.05) is 14.1 Å². The van der Waals surface area contributed by atoms with Crippen molar-refractivity contribution < 1.29 is 13.2 Å². The fourth-order valence-electron chi connectivity index (χ4n) is 0.663. The van der Waals surface area contributed by atoms with Crippen LogP contribution in [0, 0.1) is 7.05 Å². The Bertz CT molecular complexity index is 138. The summed E-state index contributed by atoms with van der Waals surface area (Å²) in [6.07, 6.45) is 0.810. The Labute approximate surface area is 70.6 Å². The predicted octanol–water partition coefficient (Wildman–Crippen LogP) is -0.372. The third-order valence-electron chi connectivity index (χ3n) is 1.16. The van der Waals surface area contributed by atoms with Crippen molar-refractivity contribution in [1.82, 2.24) is 4.72 Å². The first-order chi connectivity index (χ1) is 4.92. The summed E-state index contributed by atoms with van der Waals surface area (Å²) in [7, 11) is 7.78. The van der Waals surface area contributed by atoms with Gasteiger partial charge in [-0.1, -0.05) is 0 Å². The standard InChI is InChI=1S/C6H16N2O2S.Rf/c1-8(2,3)6-4-5-7-11(9)10;/h7H,1,4-6H2,2-3H3,(H,9,10);/q+1;/p-1. The number of nitrogens with one attached hydrogen (secondary N) is 1. The van der Waals surface area contributed by atoms with Gasteiger partial charge in [0, 0.05) is 24.2 Å². The van der Waals surface area contributed by atoms with Crippen molar-refractivity contribution in [3.05, 3.63) is 7.05 Å². The summed E-state index contributed by atoms with van der Waals surface area (Å²) in [5, 5.41) is 0. The molecule has 4 nitrogen and oxygen atoms in total. The first kappa shape index (κ1) is 13.6. The Hall–Kier alpha value is -0.970. The van der Waals surface area contributed by atoms with Crippen LogP contribution in [0.25, 0.3) is 0 Å². The minimum absolute atomic E-state index is 0. The Morgan fingerprint density at radius 2 is 2.08 bits per heavy atom. The van der Waals surface area contributed by atoms with Gasteiger partial charge >= 0.3 is 0 Å². The van der Waals surface area contributed by atoms with Crippen molar-refractivity contribution in [1.29, 1.82) is 0 Å². The molecule has 0 bridgehead atoms. The number of nitrogens with zero attached hydrogens (tertiary/aromatic N) is 1. The Morgan fingerprint density at radius 3 is 2.42 bits per heavy atom. The summed E-state index contributed by atoms with van der Waals surface area (Å²) in [6.45, 7) is 1.36. The van der Waals surface area contributed by atoms with E-state index in [0.717, 1.165) is 13.0 Å². The summed E-state index contributed by atoms with van der Waals surface area (Å²) in [5.41, 5.74) is 0. The average molecular weight is 446 g/mol. The smallest absolute Gasteiger partial charge is 0.128 e. The van der Waals surface area contributed by atoms with Gasteiger partial charge in [-0.2, -0.15) is 0 Å². The normalized spacial score (nSPS) is 13.7. The molecule has 0 aliphatic rings. The molecule has 0 fully saturated rings. The second-order valence-electron chi connectivity index (χ2n) is 3.14. The molecule has 0 rings (SSSR count). The van der Waals surface area contributed by atoms with Crippen LogP contribution >= 0.6 is 0 Å². The fourth-order valence-corrected chi connectivity index (χ4v) is 0.974. The van der Waals surface area contributed by atoms with Gasteiger partial charge in [0.1, 0.15) is 7.05 Å². The summed E-state index contributed by atoms with van der Waals surface area (Å²) >= 11 is -2.12. The van der Waals surface area contributed by atoms with Gasteiger partial charge in [-0.05, 0) is 0 Å². The molecule has 6 heteroatoms. The van der Waals surface area contributed by atoms with Gasteiger partial charge in [0.15, 0.2) is 0 Å². The quantitative estimate of drug-likeness (QED) is 0.356. The van der Waals surface area contributed by atoms with Crippen molar-refractivity contribution in [3.63, 3.8) is 0 Å². The van der Waals surface area contributed by atoms with E-state index in [-0.39, 0.29) is 0 Å². The molecule has 1 N–H and O–H groups in total. The third kappa shape index (κ3) is 11.8. The van der Waals surface area contributed by atoms with Gasteiger partial charge in [-0.15, -0.1) is 0 Å². The molecule has 69 valence electrons. The Balaban J connectivity index is 0. The molecule has 0 heterocycles. The van der Waals surface area contributed by atoms with Gasteiger partial charge < -0.3 is 9.04 Å². The summed E-state index contributed by atoms with van der Waals surface area (Å²) in [5.74, 6) is 0. The molecule has 1 radical (unpaired) electrons. The van der Waals surface area contributed by atoms with E-state index in [0.29, 0.717) is 11.0 Å². The van der Waals surface area contributed by atoms with Crippen molar-refractivity contribution in [2.45, 2.75) is 6.42 Å².